The third-order valence-electron chi connectivity index (χ3n) is 5.22. The van der Waals surface area contributed by atoms with Gasteiger partial charge in [0.05, 0.1) is 22.5 Å². The molecule has 1 unspecified atom stereocenters. The summed E-state index contributed by atoms with van der Waals surface area (Å²) in [7, 11) is 0. The molecule has 0 aromatic carbocycles. The first kappa shape index (κ1) is 22.0. The van der Waals surface area contributed by atoms with Gasteiger partial charge >= 0.3 is 0 Å². The van der Waals surface area contributed by atoms with Gasteiger partial charge < -0.3 is 24.8 Å². The van der Waals surface area contributed by atoms with Crippen molar-refractivity contribution in [3.63, 3.8) is 0 Å². The molecule has 2 aromatic rings. The molecule has 0 spiro atoms. The maximum atomic E-state index is 14.9. The van der Waals surface area contributed by atoms with Crippen LogP contribution in [0.2, 0.25) is 5.28 Å². The molecule has 0 radical (unpaired) electrons. The van der Waals surface area contributed by atoms with Crippen molar-refractivity contribution < 1.29 is 13.9 Å². The normalized spacial score (nSPS) is 19.1. The quantitative estimate of drug-likeness (QED) is 0.607. The standard InChI is InChI=1S/C19H22BrClFN7O2/c1-12(30)23-8-14-10-29(11-31-14)13-6-16(22)18(24-7-13)28-4-2-27(3-5-28)17-15(20)9-25-19(21)26-17/h6-7,9,14H,2-5,8,10-11H2,1H3,(H,23,30). The van der Waals surface area contributed by atoms with E-state index < -0.39 is 0 Å². The van der Waals surface area contributed by atoms with Gasteiger partial charge in [0.25, 0.3) is 0 Å². The number of aromatic nitrogens is 3. The highest BCUT2D eigenvalue weighted by atomic mass is 79.9. The number of nitrogens with zero attached hydrogens (tertiary/aromatic N) is 6. The Morgan fingerprint density at radius 2 is 1.94 bits per heavy atom. The van der Waals surface area contributed by atoms with Gasteiger partial charge in [0.1, 0.15) is 12.5 Å². The van der Waals surface area contributed by atoms with Gasteiger partial charge in [-0.15, -0.1) is 0 Å². The van der Waals surface area contributed by atoms with Gasteiger partial charge in [-0.1, -0.05) is 0 Å². The Morgan fingerprint density at radius 3 is 2.61 bits per heavy atom. The summed E-state index contributed by atoms with van der Waals surface area (Å²) in [5.41, 5.74) is 0.657. The molecule has 2 aliphatic heterocycles. The van der Waals surface area contributed by atoms with E-state index >= 15 is 0 Å². The minimum absolute atomic E-state index is 0.102. The van der Waals surface area contributed by atoms with Crippen LogP contribution in [0.25, 0.3) is 0 Å². The summed E-state index contributed by atoms with van der Waals surface area (Å²) in [6.07, 6.45) is 3.16. The van der Waals surface area contributed by atoms with Crippen LogP contribution in [0.1, 0.15) is 6.92 Å². The zero-order valence-electron chi connectivity index (χ0n) is 16.9. The van der Waals surface area contributed by atoms with Gasteiger partial charge in [-0.2, -0.15) is 4.98 Å². The van der Waals surface area contributed by atoms with Gasteiger partial charge in [0.15, 0.2) is 11.6 Å². The zero-order valence-corrected chi connectivity index (χ0v) is 19.2. The summed E-state index contributed by atoms with van der Waals surface area (Å²) in [5.74, 6) is 0.585. The zero-order chi connectivity index (χ0) is 22.0. The fraction of sp³-hybridized carbons (Fsp3) is 0.474. The van der Waals surface area contributed by atoms with Crippen LogP contribution in [-0.2, 0) is 9.53 Å². The van der Waals surface area contributed by atoms with Gasteiger partial charge in [-0.25, -0.2) is 14.4 Å². The van der Waals surface area contributed by atoms with E-state index in [4.69, 9.17) is 16.3 Å². The number of hydrogen-bond donors (Lipinski definition) is 1. The van der Waals surface area contributed by atoms with Gasteiger partial charge in [-0.05, 0) is 27.5 Å². The second-order valence-corrected chi connectivity index (χ2v) is 8.55. The summed E-state index contributed by atoms with van der Waals surface area (Å²) in [6.45, 7) is 5.30. The number of piperazine rings is 1. The van der Waals surface area contributed by atoms with Gasteiger partial charge in [0.2, 0.25) is 11.2 Å². The molecule has 166 valence electrons. The second kappa shape index (κ2) is 9.49. The Morgan fingerprint density at radius 1 is 1.23 bits per heavy atom. The number of pyridine rings is 1. The number of amides is 1. The number of anilines is 3. The van der Waals surface area contributed by atoms with Crippen molar-refractivity contribution in [2.24, 2.45) is 0 Å². The largest absolute Gasteiger partial charge is 0.354 e. The van der Waals surface area contributed by atoms with Crippen LogP contribution in [0.5, 0.6) is 0 Å². The summed E-state index contributed by atoms with van der Waals surface area (Å²) in [4.78, 5) is 29.6. The molecule has 2 fully saturated rings. The summed E-state index contributed by atoms with van der Waals surface area (Å²) in [6, 6.07) is 1.49. The van der Waals surface area contributed by atoms with E-state index in [9.17, 15) is 9.18 Å². The molecule has 31 heavy (non-hydrogen) atoms. The molecule has 4 rings (SSSR count). The Labute approximate surface area is 192 Å². The van der Waals surface area contributed by atoms with E-state index in [1.807, 2.05) is 9.80 Å². The lowest BCUT2D eigenvalue weighted by Gasteiger charge is -2.36. The molecular weight excluding hydrogens is 493 g/mol. The Balaban J connectivity index is 1.37. The fourth-order valence-corrected chi connectivity index (χ4v) is 4.19. The number of nitrogens with one attached hydrogen (secondary N) is 1. The number of hydrogen-bond acceptors (Lipinski definition) is 8. The molecule has 1 amide bonds. The Hall–Kier alpha value is -2.24. The third kappa shape index (κ3) is 5.16. The van der Waals surface area contributed by atoms with Crippen molar-refractivity contribution in [3.8, 4) is 0 Å². The van der Waals surface area contributed by atoms with E-state index in [-0.39, 0.29) is 23.1 Å². The number of carbonyl (C=O) groups excluding carboxylic acids is 1. The lowest BCUT2D eigenvalue weighted by molar-refractivity contribution is -0.119. The van der Waals surface area contributed by atoms with Crippen LogP contribution >= 0.6 is 27.5 Å². The number of ether oxygens (including phenoxy) is 1. The SMILES string of the molecule is CC(=O)NCC1CN(c2cnc(N3CCN(c4nc(Cl)ncc4Br)CC3)c(F)c2)CO1. The van der Waals surface area contributed by atoms with Crippen LogP contribution in [0.3, 0.4) is 0 Å². The summed E-state index contributed by atoms with van der Waals surface area (Å²) >= 11 is 9.37. The second-order valence-electron chi connectivity index (χ2n) is 7.36. The topological polar surface area (TPSA) is 86.7 Å². The average molecular weight is 515 g/mol. The first-order chi connectivity index (χ1) is 14.9. The molecule has 0 bridgehead atoms. The Bertz CT molecular complexity index is 961. The summed E-state index contributed by atoms with van der Waals surface area (Å²) < 4.78 is 21.3. The highest BCUT2D eigenvalue weighted by Crippen LogP contribution is 2.28. The lowest BCUT2D eigenvalue weighted by Crippen LogP contribution is -2.47. The van der Waals surface area contributed by atoms with Crippen LogP contribution in [0.15, 0.2) is 22.9 Å². The minimum Gasteiger partial charge on any atom is -0.354 e. The molecule has 4 heterocycles. The highest BCUT2D eigenvalue weighted by molar-refractivity contribution is 9.10. The van der Waals surface area contributed by atoms with E-state index in [2.05, 4.69) is 41.1 Å². The number of rotatable bonds is 5. The predicted octanol–water partition coefficient (Wildman–Crippen LogP) is 2.05. The molecule has 0 saturated carbocycles. The van der Waals surface area contributed by atoms with Crippen molar-refractivity contribution >= 4 is 50.8 Å². The predicted molar refractivity (Wildman–Crippen MR) is 119 cm³/mol. The van der Waals surface area contributed by atoms with Gasteiger partial charge in [0, 0.05) is 58.5 Å². The van der Waals surface area contributed by atoms with Crippen LogP contribution in [-0.4, -0.2) is 73.0 Å². The average Bonchev–Trinajstić information content (AvgIpc) is 3.23. The van der Waals surface area contributed by atoms with Crippen molar-refractivity contribution in [3.05, 3.63) is 34.0 Å². The molecular formula is C19H22BrClFN7O2. The van der Waals surface area contributed by atoms with Crippen molar-refractivity contribution in [1.82, 2.24) is 20.3 Å². The Kier molecular flexibility index (Phi) is 6.73. The molecule has 1 atom stereocenters. The minimum atomic E-state index is -0.373. The van der Waals surface area contributed by atoms with E-state index in [0.29, 0.717) is 57.5 Å². The van der Waals surface area contributed by atoms with Crippen LogP contribution in [0, 0.1) is 5.82 Å². The lowest BCUT2D eigenvalue weighted by atomic mass is 10.2. The maximum absolute atomic E-state index is 14.9. The molecule has 2 saturated heterocycles. The smallest absolute Gasteiger partial charge is 0.224 e. The molecule has 9 nitrogen and oxygen atoms in total. The molecule has 2 aromatic heterocycles. The van der Waals surface area contributed by atoms with Crippen molar-refractivity contribution in [1.29, 1.82) is 0 Å². The van der Waals surface area contributed by atoms with Crippen molar-refractivity contribution in [2.75, 3.05) is 60.7 Å². The number of carbonyl (C=O) groups is 1. The number of halogens is 3. The molecule has 1 N–H and O–H groups in total. The highest BCUT2D eigenvalue weighted by Gasteiger charge is 2.26. The first-order valence-corrected chi connectivity index (χ1v) is 11.0. The molecule has 0 aliphatic carbocycles. The maximum Gasteiger partial charge on any atom is 0.224 e. The third-order valence-corrected chi connectivity index (χ3v) is 5.96. The van der Waals surface area contributed by atoms with Crippen LogP contribution in [0.4, 0.5) is 21.7 Å². The fourth-order valence-electron chi connectivity index (χ4n) is 3.62. The van der Waals surface area contributed by atoms with E-state index in [0.717, 1.165) is 10.3 Å². The molecule has 2 aliphatic rings. The van der Waals surface area contributed by atoms with E-state index in [1.54, 1.807) is 12.4 Å². The molecule has 12 heteroatoms. The van der Waals surface area contributed by atoms with Crippen LogP contribution < -0.4 is 20.0 Å². The first-order valence-electron chi connectivity index (χ1n) is 9.85. The summed E-state index contributed by atoms with van der Waals surface area (Å²) in [5, 5.41) is 2.92. The van der Waals surface area contributed by atoms with E-state index in [1.165, 1.54) is 13.0 Å². The van der Waals surface area contributed by atoms with Gasteiger partial charge in [-0.3, -0.25) is 4.79 Å². The monoisotopic (exact) mass is 513 g/mol. The van der Waals surface area contributed by atoms with Crippen molar-refractivity contribution in [2.45, 2.75) is 13.0 Å².